The van der Waals surface area contributed by atoms with Gasteiger partial charge >= 0.3 is 0 Å². The highest BCUT2D eigenvalue weighted by Gasteiger charge is 2.58. The van der Waals surface area contributed by atoms with Crippen molar-refractivity contribution in [2.75, 3.05) is 9.80 Å². The summed E-state index contributed by atoms with van der Waals surface area (Å²) < 4.78 is 7.07. The van der Waals surface area contributed by atoms with Crippen LogP contribution in [-0.4, -0.2) is 16.0 Å². The monoisotopic (exact) mass is 800 g/mol. The van der Waals surface area contributed by atoms with Crippen molar-refractivity contribution in [3.05, 3.63) is 203 Å². The van der Waals surface area contributed by atoms with Gasteiger partial charge in [0.2, 0.25) is 5.95 Å². The van der Waals surface area contributed by atoms with E-state index in [-0.39, 0.29) is 23.9 Å². The molecule has 5 nitrogen and oxygen atoms in total. The van der Waals surface area contributed by atoms with Gasteiger partial charge in [-0.15, -0.1) is 6.42 Å². The van der Waals surface area contributed by atoms with Crippen molar-refractivity contribution in [3.63, 3.8) is 0 Å². The molecule has 0 spiro atoms. The molecule has 4 heterocycles. The van der Waals surface area contributed by atoms with Crippen LogP contribution in [0.4, 0.5) is 17.3 Å². The Morgan fingerprint density at radius 3 is 2.37 bits per heavy atom. The minimum Gasteiger partial charge on any atom is -0.458 e. The number of allylic oxidation sites excluding steroid dienone is 4. The molecule has 5 atom stereocenters. The summed E-state index contributed by atoms with van der Waals surface area (Å²) in [6, 6.07) is 51.4. The summed E-state index contributed by atoms with van der Waals surface area (Å²) in [6.07, 6.45) is 16.7. The molecule has 0 saturated heterocycles. The van der Waals surface area contributed by atoms with E-state index in [1.807, 2.05) is 0 Å². The van der Waals surface area contributed by atoms with Crippen molar-refractivity contribution in [1.29, 1.82) is 0 Å². The molecule has 0 saturated carbocycles. The minimum atomic E-state index is -0.542. The van der Waals surface area contributed by atoms with Crippen molar-refractivity contribution in [2.45, 2.75) is 44.7 Å². The zero-order valence-corrected chi connectivity index (χ0v) is 35.0. The summed E-state index contributed by atoms with van der Waals surface area (Å²) in [4.78, 5) is 15.8. The second kappa shape index (κ2) is 13.8. The molecule has 5 heteroatoms. The first kappa shape index (κ1) is 36.4. The minimum absolute atomic E-state index is 0.151. The first-order chi connectivity index (χ1) is 30.5. The van der Waals surface area contributed by atoms with E-state index in [1.165, 1.54) is 33.1 Å². The van der Waals surface area contributed by atoms with Crippen molar-refractivity contribution >= 4 is 56.0 Å². The van der Waals surface area contributed by atoms with Crippen LogP contribution in [0.15, 0.2) is 191 Å². The van der Waals surface area contributed by atoms with E-state index >= 15 is 0 Å². The molecule has 8 aromatic rings. The van der Waals surface area contributed by atoms with E-state index in [4.69, 9.17) is 20.8 Å². The second-order valence-electron chi connectivity index (χ2n) is 17.3. The maximum atomic E-state index is 7.07. The smallest absolute Gasteiger partial charge is 0.231 e. The van der Waals surface area contributed by atoms with Gasteiger partial charge in [0, 0.05) is 50.6 Å². The van der Waals surface area contributed by atoms with Crippen molar-refractivity contribution in [1.82, 2.24) is 9.97 Å². The summed E-state index contributed by atoms with van der Waals surface area (Å²) >= 11 is 0. The number of terminal acetylenes is 1. The molecule has 298 valence electrons. The maximum absolute atomic E-state index is 7.07. The quantitative estimate of drug-likeness (QED) is 0.162. The highest BCUT2D eigenvalue weighted by Crippen LogP contribution is 2.65. The van der Waals surface area contributed by atoms with Gasteiger partial charge < -0.3 is 9.32 Å². The van der Waals surface area contributed by atoms with Gasteiger partial charge in [-0.3, -0.25) is 4.90 Å². The number of fused-ring (bicyclic) bond motifs is 10. The fourth-order valence-electron chi connectivity index (χ4n) is 11.5. The van der Waals surface area contributed by atoms with E-state index < -0.39 is 5.41 Å². The normalized spacial score (nSPS) is 22.7. The molecule has 62 heavy (non-hydrogen) atoms. The SMILES string of the molecule is C#CC1=C(/C=C\C)C2C(C)C(C3=Cc4c(oc5ccccc45)C4N(c5nc(-c6ccc7ccccc7c6)c6ccccc6n5)c5ccccc5C34C)=CCC2N1c1ccccc1. The molecule has 2 aromatic heterocycles. The molecular formula is C57H44N4O. The van der Waals surface area contributed by atoms with Crippen LogP contribution in [0.1, 0.15) is 50.1 Å². The van der Waals surface area contributed by atoms with Gasteiger partial charge in [0.1, 0.15) is 17.4 Å². The summed E-state index contributed by atoms with van der Waals surface area (Å²) in [7, 11) is 0. The van der Waals surface area contributed by atoms with Crippen LogP contribution in [-0.2, 0) is 5.41 Å². The molecule has 2 aliphatic carbocycles. The Morgan fingerprint density at radius 1 is 0.790 bits per heavy atom. The van der Waals surface area contributed by atoms with E-state index in [9.17, 15) is 0 Å². The fourth-order valence-corrected chi connectivity index (χ4v) is 11.5. The van der Waals surface area contributed by atoms with Gasteiger partial charge in [-0.05, 0) is 102 Å². The number of para-hydroxylation sites is 4. The third-order valence-corrected chi connectivity index (χ3v) is 14.2. The van der Waals surface area contributed by atoms with Gasteiger partial charge in [0.05, 0.1) is 16.9 Å². The predicted octanol–water partition coefficient (Wildman–Crippen LogP) is 13.7. The van der Waals surface area contributed by atoms with Crippen LogP contribution in [0, 0.1) is 24.2 Å². The van der Waals surface area contributed by atoms with E-state index in [1.54, 1.807) is 0 Å². The standard InChI is InChI=1S/C57H44N4O/c1-5-18-43-48(6-2)60(39-21-8-7-9-22-39)50-32-31-40(35(3)52(43)50)46-34-44-41-23-13-17-28-51(41)62-54(44)55-57(46,4)45-25-14-16-27-49(45)61(55)56-58-47-26-15-12-24-42(47)53(59-56)38-30-29-36-19-10-11-20-37(36)33-38/h2,5,7-31,33-35,50,52,55H,32H2,1,3-4H3/b18-5-. The number of rotatable bonds is 5. The van der Waals surface area contributed by atoms with Crippen LogP contribution in [0.25, 0.3) is 50.0 Å². The van der Waals surface area contributed by atoms with Gasteiger partial charge in [-0.1, -0.05) is 140 Å². The Labute approximate surface area is 362 Å². The predicted molar refractivity (Wildman–Crippen MR) is 254 cm³/mol. The molecule has 0 N–H and O–H groups in total. The van der Waals surface area contributed by atoms with Crippen LogP contribution < -0.4 is 9.80 Å². The Hall–Kier alpha value is -7.42. The third-order valence-electron chi connectivity index (χ3n) is 14.2. The molecule has 0 amide bonds. The van der Waals surface area contributed by atoms with E-state index in [0.717, 1.165) is 67.9 Å². The molecule has 6 aromatic carbocycles. The Kier molecular flexibility index (Phi) is 8.11. The van der Waals surface area contributed by atoms with Crippen molar-refractivity contribution in [2.24, 2.45) is 11.8 Å². The fraction of sp³-hybridized carbons (Fsp3) is 0.158. The highest BCUT2D eigenvalue weighted by atomic mass is 16.3. The maximum Gasteiger partial charge on any atom is 0.231 e. The molecule has 2 aliphatic heterocycles. The molecular weight excluding hydrogens is 757 g/mol. The van der Waals surface area contributed by atoms with Gasteiger partial charge in [-0.25, -0.2) is 9.97 Å². The average molecular weight is 801 g/mol. The molecule has 0 fully saturated rings. The first-order valence-electron chi connectivity index (χ1n) is 21.7. The van der Waals surface area contributed by atoms with Crippen molar-refractivity contribution in [3.8, 4) is 23.6 Å². The summed E-state index contributed by atoms with van der Waals surface area (Å²) in [5.74, 6) is 5.07. The van der Waals surface area contributed by atoms with Crippen LogP contribution in [0.5, 0.6) is 0 Å². The molecule has 0 bridgehead atoms. The largest absolute Gasteiger partial charge is 0.458 e. The van der Waals surface area contributed by atoms with Crippen LogP contribution in [0.3, 0.4) is 0 Å². The summed E-state index contributed by atoms with van der Waals surface area (Å²) in [5, 5.41) is 4.50. The number of nitrogens with zero attached hydrogens (tertiary/aromatic N) is 4. The summed E-state index contributed by atoms with van der Waals surface area (Å²) in [5.41, 5.74) is 12.6. The number of aromatic nitrogens is 2. The second-order valence-corrected chi connectivity index (χ2v) is 17.3. The number of anilines is 3. The zero-order valence-electron chi connectivity index (χ0n) is 35.0. The van der Waals surface area contributed by atoms with Crippen LogP contribution >= 0.6 is 0 Å². The molecule has 12 rings (SSSR count). The van der Waals surface area contributed by atoms with Gasteiger partial charge in [0.15, 0.2) is 0 Å². The number of furan rings is 1. The lowest BCUT2D eigenvalue weighted by Crippen LogP contribution is -2.43. The zero-order chi connectivity index (χ0) is 41.7. The summed E-state index contributed by atoms with van der Waals surface area (Å²) in [6.45, 7) is 6.93. The van der Waals surface area contributed by atoms with Crippen LogP contribution in [0.2, 0.25) is 0 Å². The van der Waals surface area contributed by atoms with E-state index in [2.05, 4.69) is 206 Å². The highest BCUT2D eigenvalue weighted by molar-refractivity contribution is 5.98. The lowest BCUT2D eigenvalue weighted by Gasteiger charge is -2.45. The molecule has 0 radical (unpaired) electrons. The topological polar surface area (TPSA) is 45.4 Å². The number of hydrogen-bond donors (Lipinski definition) is 0. The third kappa shape index (κ3) is 5.10. The lowest BCUT2D eigenvalue weighted by atomic mass is 9.61. The Balaban J connectivity index is 1.08. The van der Waals surface area contributed by atoms with Crippen molar-refractivity contribution < 1.29 is 4.42 Å². The average Bonchev–Trinajstić information content (AvgIpc) is 3.94. The Morgan fingerprint density at radius 2 is 1.53 bits per heavy atom. The van der Waals surface area contributed by atoms with Gasteiger partial charge in [-0.2, -0.15) is 0 Å². The molecule has 5 unspecified atom stereocenters. The number of hydrogen-bond acceptors (Lipinski definition) is 5. The Bertz CT molecular complexity index is 3330. The first-order valence-corrected chi connectivity index (χ1v) is 21.7. The lowest BCUT2D eigenvalue weighted by molar-refractivity contribution is 0.359. The van der Waals surface area contributed by atoms with E-state index in [0.29, 0.717) is 5.95 Å². The number of benzene rings is 6. The molecule has 4 aliphatic rings. The van der Waals surface area contributed by atoms with Gasteiger partial charge in [0.25, 0.3) is 0 Å².